The van der Waals surface area contributed by atoms with Crippen molar-refractivity contribution in [2.75, 3.05) is 5.75 Å². The summed E-state index contributed by atoms with van der Waals surface area (Å²) < 4.78 is 24.6. The first-order chi connectivity index (χ1) is 8.61. The highest BCUT2D eigenvalue weighted by atomic mass is 32.2. The molecule has 1 rings (SSSR count). The van der Waals surface area contributed by atoms with Crippen LogP contribution in [0.15, 0.2) is 55.6 Å². The van der Waals surface area contributed by atoms with Crippen LogP contribution in [-0.2, 0) is 9.84 Å². The summed E-state index contributed by atoms with van der Waals surface area (Å²) in [6.45, 7) is 7.26. The Morgan fingerprint density at radius 1 is 1.11 bits per heavy atom. The molecular formula is C15H20O2S. The number of hydrogen-bond acceptors (Lipinski definition) is 2. The summed E-state index contributed by atoms with van der Waals surface area (Å²) in [4.78, 5) is 0. The summed E-state index contributed by atoms with van der Waals surface area (Å²) in [5, 5.41) is -0.471. The van der Waals surface area contributed by atoms with E-state index in [1.807, 2.05) is 30.3 Å². The molecule has 1 aromatic carbocycles. The second kappa shape index (κ2) is 7.17. The van der Waals surface area contributed by atoms with E-state index in [1.165, 1.54) is 0 Å². The highest BCUT2D eigenvalue weighted by Crippen LogP contribution is 2.27. The van der Waals surface area contributed by atoms with Crippen molar-refractivity contribution in [1.82, 2.24) is 0 Å². The molecule has 3 heteroatoms. The van der Waals surface area contributed by atoms with Crippen molar-refractivity contribution in [3.05, 3.63) is 61.2 Å². The lowest BCUT2D eigenvalue weighted by atomic mass is 10.1. The van der Waals surface area contributed by atoms with Gasteiger partial charge in [-0.15, -0.1) is 13.2 Å². The molecule has 0 saturated carbocycles. The molecule has 0 aliphatic rings. The maximum absolute atomic E-state index is 12.3. The van der Waals surface area contributed by atoms with Gasteiger partial charge in [-0.2, -0.15) is 0 Å². The lowest BCUT2D eigenvalue weighted by Gasteiger charge is -2.16. The summed E-state index contributed by atoms with van der Waals surface area (Å²) >= 11 is 0. The van der Waals surface area contributed by atoms with Crippen molar-refractivity contribution in [3.63, 3.8) is 0 Å². The number of unbranched alkanes of at least 4 members (excludes halogenated alkanes) is 1. The Balaban J connectivity index is 2.90. The van der Waals surface area contributed by atoms with Crippen LogP contribution in [0.5, 0.6) is 0 Å². The van der Waals surface area contributed by atoms with Crippen LogP contribution in [0.3, 0.4) is 0 Å². The van der Waals surface area contributed by atoms with Crippen LogP contribution < -0.4 is 0 Å². The zero-order valence-electron chi connectivity index (χ0n) is 10.6. The summed E-state index contributed by atoms with van der Waals surface area (Å²) in [5.41, 5.74) is 0.844. The second-order valence-electron chi connectivity index (χ2n) is 4.22. The minimum absolute atomic E-state index is 0.201. The summed E-state index contributed by atoms with van der Waals surface area (Å²) in [6, 6.07) is 9.34. The van der Waals surface area contributed by atoms with Crippen molar-refractivity contribution < 1.29 is 8.42 Å². The molecule has 2 nitrogen and oxygen atoms in total. The molecule has 18 heavy (non-hydrogen) atoms. The fourth-order valence-corrected chi connectivity index (χ4v) is 3.73. The summed E-state index contributed by atoms with van der Waals surface area (Å²) in [6.07, 6.45) is 5.24. The zero-order chi connectivity index (χ0) is 13.4. The first kappa shape index (κ1) is 14.7. The van der Waals surface area contributed by atoms with Crippen LogP contribution >= 0.6 is 0 Å². The summed E-state index contributed by atoms with van der Waals surface area (Å²) in [7, 11) is -3.13. The fraction of sp³-hybridized carbons (Fsp3) is 0.333. The van der Waals surface area contributed by atoms with E-state index >= 15 is 0 Å². The quantitative estimate of drug-likeness (QED) is 0.530. The van der Waals surface area contributed by atoms with Gasteiger partial charge in [-0.1, -0.05) is 42.5 Å². The van der Waals surface area contributed by atoms with Crippen molar-refractivity contribution >= 4 is 9.84 Å². The molecule has 0 bridgehead atoms. The minimum Gasteiger partial charge on any atom is -0.228 e. The van der Waals surface area contributed by atoms with Gasteiger partial charge >= 0.3 is 0 Å². The molecule has 0 amide bonds. The number of rotatable bonds is 8. The fourth-order valence-electron chi connectivity index (χ4n) is 1.88. The van der Waals surface area contributed by atoms with Gasteiger partial charge in [0.25, 0.3) is 0 Å². The molecule has 0 spiro atoms. The minimum atomic E-state index is -3.13. The molecule has 0 aliphatic heterocycles. The maximum atomic E-state index is 12.3. The van der Waals surface area contributed by atoms with Crippen LogP contribution in [-0.4, -0.2) is 14.2 Å². The van der Waals surface area contributed by atoms with Crippen molar-refractivity contribution in [2.24, 2.45) is 0 Å². The molecule has 0 heterocycles. The van der Waals surface area contributed by atoms with E-state index in [0.717, 1.165) is 12.0 Å². The van der Waals surface area contributed by atoms with E-state index < -0.39 is 15.1 Å². The molecule has 0 aromatic heterocycles. The van der Waals surface area contributed by atoms with Gasteiger partial charge in [0.1, 0.15) is 0 Å². The summed E-state index contributed by atoms with van der Waals surface area (Å²) in [5.74, 6) is 0.201. The van der Waals surface area contributed by atoms with Gasteiger partial charge < -0.3 is 0 Å². The SMILES string of the molecule is C=CCCCS(=O)(=O)C(CC=C)c1ccccc1. The Hall–Kier alpha value is -1.35. The Morgan fingerprint density at radius 2 is 1.78 bits per heavy atom. The van der Waals surface area contributed by atoms with Gasteiger partial charge in [-0.3, -0.25) is 0 Å². The Labute approximate surface area is 110 Å². The Bertz CT molecular complexity index is 474. The third-order valence-corrected chi connectivity index (χ3v) is 5.01. The van der Waals surface area contributed by atoms with E-state index in [0.29, 0.717) is 12.8 Å². The van der Waals surface area contributed by atoms with Crippen molar-refractivity contribution in [3.8, 4) is 0 Å². The van der Waals surface area contributed by atoms with Crippen LogP contribution in [0.25, 0.3) is 0 Å². The lowest BCUT2D eigenvalue weighted by Crippen LogP contribution is -2.16. The molecule has 1 unspecified atom stereocenters. The van der Waals surface area contributed by atoms with E-state index in [-0.39, 0.29) is 5.75 Å². The van der Waals surface area contributed by atoms with Gasteiger partial charge in [-0.25, -0.2) is 8.42 Å². The number of sulfone groups is 1. The smallest absolute Gasteiger partial charge is 0.157 e. The first-order valence-electron chi connectivity index (χ1n) is 6.10. The topological polar surface area (TPSA) is 34.1 Å². The second-order valence-corrected chi connectivity index (χ2v) is 6.52. The van der Waals surface area contributed by atoms with Gasteiger partial charge in [0.2, 0.25) is 0 Å². The van der Waals surface area contributed by atoms with E-state index in [2.05, 4.69) is 13.2 Å². The molecule has 1 aromatic rings. The molecule has 1 atom stereocenters. The van der Waals surface area contributed by atoms with E-state index in [4.69, 9.17) is 0 Å². The molecule has 0 aliphatic carbocycles. The predicted octanol–water partition coefficient (Wildman–Crippen LogP) is 3.68. The lowest BCUT2D eigenvalue weighted by molar-refractivity contribution is 0.579. The normalized spacial score (nSPS) is 12.9. The largest absolute Gasteiger partial charge is 0.228 e. The average molecular weight is 264 g/mol. The van der Waals surface area contributed by atoms with Crippen molar-refractivity contribution in [2.45, 2.75) is 24.5 Å². The third kappa shape index (κ3) is 4.15. The highest BCUT2D eigenvalue weighted by molar-refractivity contribution is 7.91. The Morgan fingerprint density at radius 3 is 2.33 bits per heavy atom. The Kier molecular flexibility index (Phi) is 5.86. The van der Waals surface area contributed by atoms with E-state index in [1.54, 1.807) is 12.2 Å². The zero-order valence-corrected chi connectivity index (χ0v) is 11.4. The monoisotopic (exact) mass is 264 g/mol. The molecule has 0 fully saturated rings. The van der Waals surface area contributed by atoms with Gasteiger partial charge in [0.15, 0.2) is 9.84 Å². The predicted molar refractivity (Wildman–Crippen MR) is 77.2 cm³/mol. The van der Waals surface area contributed by atoms with Gasteiger partial charge in [0.05, 0.1) is 11.0 Å². The number of allylic oxidation sites excluding steroid dienone is 2. The van der Waals surface area contributed by atoms with Gasteiger partial charge in [-0.05, 0) is 24.8 Å². The van der Waals surface area contributed by atoms with Crippen LogP contribution in [0.4, 0.5) is 0 Å². The van der Waals surface area contributed by atoms with Crippen LogP contribution in [0.1, 0.15) is 30.1 Å². The highest BCUT2D eigenvalue weighted by Gasteiger charge is 2.25. The van der Waals surface area contributed by atoms with Crippen LogP contribution in [0, 0.1) is 0 Å². The maximum Gasteiger partial charge on any atom is 0.157 e. The first-order valence-corrected chi connectivity index (χ1v) is 7.81. The van der Waals surface area contributed by atoms with E-state index in [9.17, 15) is 8.42 Å². The average Bonchev–Trinajstić information content (AvgIpc) is 2.37. The molecule has 0 radical (unpaired) electrons. The molecule has 0 saturated heterocycles. The standard InChI is InChI=1S/C15H20O2S/c1-3-5-9-13-18(16,17)15(10-4-2)14-11-7-6-8-12-14/h3-4,6-8,11-12,15H,1-2,5,9-10,13H2. The third-order valence-electron chi connectivity index (χ3n) is 2.82. The number of hydrogen-bond donors (Lipinski definition) is 0. The van der Waals surface area contributed by atoms with Gasteiger partial charge in [0, 0.05) is 0 Å². The van der Waals surface area contributed by atoms with Crippen LogP contribution in [0.2, 0.25) is 0 Å². The number of benzene rings is 1. The molecular weight excluding hydrogens is 244 g/mol. The van der Waals surface area contributed by atoms with Crippen molar-refractivity contribution in [1.29, 1.82) is 0 Å². The molecule has 98 valence electrons. The molecule has 0 N–H and O–H groups in total.